The third-order valence-corrected chi connectivity index (χ3v) is 2.56. The van der Waals surface area contributed by atoms with E-state index in [1.165, 1.54) is 0 Å². The number of alkyl halides is 1. The Balaban J connectivity index is 3.08. The average Bonchev–Trinajstić information content (AvgIpc) is 2.01. The minimum Gasteiger partial charge on any atom is -0.293 e. The van der Waals surface area contributed by atoms with Crippen molar-refractivity contribution in [3.63, 3.8) is 0 Å². The maximum absolute atomic E-state index is 11.6. The van der Waals surface area contributed by atoms with E-state index in [9.17, 15) is 4.79 Å². The molecule has 0 N–H and O–H groups in total. The van der Waals surface area contributed by atoms with E-state index in [-0.39, 0.29) is 10.6 Å². The van der Waals surface area contributed by atoms with Gasteiger partial charge in [0.25, 0.3) is 0 Å². The highest BCUT2D eigenvalue weighted by Gasteiger charge is 2.12. The molecule has 0 fully saturated rings. The second-order valence-electron chi connectivity index (χ2n) is 3.00. The van der Waals surface area contributed by atoms with Gasteiger partial charge >= 0.3 is 0 Å². The monoisotopic (exact) mass is 304 g/mol. The molecule has 0 aromatic heterocycles. The zero-order valence-corrected chi connectivity index (χ0v) is 10.6. The molecule has 0 heterocycles. The maximum Gasteiger partial charge on any atom is 0.176 e. The van der Waals surface area contributed by atoms with Gasteiger partial charge in [0, 0.05) is 10.0 Å². The van der Waals surface area contributed by atoms with Crippen LogP contribution >= 0.6 is 31.9 Å². The van der Waals surface area contributed by atoms with E-state index in [0.29, 0.717) is 0 Å². The Bertz CT molecular complexity index is 311. The molecule has 0 aliphatic rings. The predicted octanol–water partition coefficient (Wildman–Crippen LogP) is 3.72. The fourth-order valence-corrected chi connectivity index (χ4v) is 1.98. The SMILES string of the molecule is Cc1cc(Br)cc(C(=O)C(C)Br)c1. The number of benzene rings is 1. The van der Waals surface area contributed by atoms with Crippen molar-refractivity contribution in [2.75, 3.05) is 0 Å². The van der Waals surface area contributed by atoms with Crippen molar-refractivity contribution in [1.82, 2.24) is 0 Å². The number of carbonyl (C=O) groups excluding carboxylic acids is 1. The number of ketones is 1. The lowest BCUT2D eigenvalue weighted by Crippen LogP contribution is -2.09. The molecule has 1 aromatic rings. The van der Waals surface area contributed by atoms with Gasteiger partial charge in [-0.1, -0.05) is 31.9 Å². The second-order valence-corrected chi connectivity index (χ2v) is 5.29. The van der Waals surface area contributed by atoms with Gasteiger partial charge in [0.05, 0.1) is 4.83 Å². The van der Waals surface area contributed by atoms with Gasteiger partial charge in [0.15, 0.2) is 5.78 Å². The van der Waals surface area contributed by atoms with Crippen LogP contribution in [0.2, 0.25) is 0 Å². The number of rotatable bonds is 2. The lowest BCUT2D eigenvalue weighted by Gasteiger charge is -2.04. The summed E-state index contributed by atoms with van der Waals surface area (Å²) in [6.45, 7) is 3.80. The Kier molecular flexibility index (Phi) is 3.68. The average molecular weight is 306 g/mol. The summed E-state index contributed by atoms with van der Waals surface area (Å²) in [6.07, 6.45) is 0. The van der Waals surface area contributed by atoms with E-state index in [1.54, 1.807) is 0 Å². The van der Waals surface area contributed by atoms with Gasteiger partial charge in [-0.25, -0.2) is 0 Å². The Hall–Kier alpha value is -0.150. The molecule has 0 amide bonds. The van der Waals surface area contributed by atoms with Crippen molar-refractivity contribution in [2.24, 2.45) is 0 Å². The molecule has 0 radical (unpaired) electrons. The molecule has 0 aliphatic carbocycles. The number of halogens is 2. The quantitative estimate of drug-likeness (QED) is 0.601. The molecule has 0 aliphatic heterocycles. The van der Waals surface area contributed by atoms with Crippen molar-refractivity contribution in [2.45, 2.75) is 18.7 Å². The Morgan fingerprint density at radius 2 is 2.00 bits per heavy atom. The Labute approximate surface area is 94.8 Å². The molecule has 0 bridgehead atoms. The largest absolute Gasteiger partial charge is 0.293 e. The van der Waals surface area contributed by atoms with Crippen LogP contribution in [0.25, 0.3) is 0 Å². The van der Waals surface area contributed by atoms with Crippen LogP contribution in [0.4, 0.5) is 0 Å². The Morgan fingerprint density at radius 3 is 2.46 bits per heavy atom. The van der Waals surface area contributed by atoms with Crippen molar-refractivity contribution in [1.29, 1.82) is 0 Å². The highest BCUT2D eigenvalue weighted by molar-refractivity contribution is 9.10. The van der Waals surface area contributed by atoms with E-state index in [0.717, 1.165) is 15.6 Å². The van der Waals surface area contributed by atoms with Gasteiger partial charge < -0.3 is 0 Å². The standard InChI is InChI=1S/C10H10Br2O/c1-6-3-8(5-9(12)4-6)10(13)7(2)11/h3-5,7H,1-2H3. The summed E-state index contributed by atoms with van der Waals surface area (Å²) in [5.41, 5.74) is 1.84. The number of hydrogen-bond acceptors (Lipinski definition) is 1. The fourth-order valence-electron chi connectivity index (χ4n) is 1.11. The summed E-state index contributed by atoms with van der Waals surface area (Å²) < 4.78 is 0.948. The maximum atomic E-state index is 11.6. The van der Waals surface area contributed by atoms with Crippen LogP contribution < -0.4 is 0 Å². The van der Waals surface area contributed by atoms with E-state index in [4.69, 9.17) is 0 Å². The van der Waals surface area contributed by atoms with Gasteiger partial charge in [0.2, 0.25) is 0 Å². The first-order chi connectivity index (χ1) is 6.00. The molecule has 1 atom stereocenters. The predicted molar refractivity (Wildman–Crippen MR) is 61.6 cm³/mol. The topological polar surface area (TPSA) is 17.1 Å². The summed E-state index contributed by atoms with van der Waals surface area (Å²) in [7, 11) is 0. The molecule has 0 saturated heterocycles. The van der Waals surface area contributed by atoms with E-state index in [2.05, 4.69) is 31.9 Å². The van der Waals surface area contributed by atoms with Gasteiger partial charge in [-0.15, -0.1) is 0 Å². The van der Waals surface area contributed by atoms with Crippen LogP contribution in [0.3, 0.4) is 0 Å². The minimum atomic E-state index is -0.124. The van der Waals surface area contributed by atoms with Crippen LogP contribution in [0, 0.1) is 6.92 Å². The zero-order valence-electron chi connectivity index (χ0n) is 7.47. The number of aryl methyl sites for hydroxylation is 1. The fraction of sp³-hybridized carbons (Fsp3) is 0.300. The van der Waals surface area contributed by atoms with E-state index >= 15 is 0 Å². The van der Waals surface area contributed by atoms with Crippen LogP contribution in [0.5, 0.6) is 0 Å². The molecule has 1 nitrogen and oxygen atoms in total. The molecule has 1 rings (SSSR count). The highest BCUT2D eigenvalue weighted by atomic mass is 79.9. The molecular formula is C10H10Br2O. The van der Waals surface area contributed by atoms with Crippen molar-refractivity contribution < 1.29 is 4.79 Å². The van der Waals surface area contributed by atoms with Gasteiger partial charge in [0.1, 0.15) is 0 Å². The third kappa shape index (κ3) is 2.92. The molecule has 3 heteroatoms. The van der Waals surface area contributed by atoms with E-state index < -0.39 is 0 Å². The molecule has 0 spiro atoms. The molecule has 1 unspecified atom stereocenters. The highest BCUT2D eigenvalue weighted by Crippen LogP contribution is 2.18. The van der Waals surface area contributed by atoms with Crippen molar-refractivity contribution in [3.05, 3.63) is 33.8 Å². The first kappa shape index (κ1) is 10.9. The van der Waals surface area contributed by atoms with Crippen LogP contribution in [-0.4, -0.2) is 10.6 Å². The third-order valence-electron chi connectivity index (χ3n) is 1.69. The Morgan fingerprint density at radius 1 is 1.38 bits per heavy atom. The van der Waals surface area contributed by atoms with Gasteiger partial charge in [-0.05, 0) is 37.6 Å². The normalized spacial score (nSPS) is 12.6. The molecular weight excluding hydrogens is 296 g/mol. The summed E-state index contributed by atoms with van der Waals surface area (Å²) >= 11 is 6.62. The van der Waals surface area contributed by atoms with Crippen molar-refractivity contribution >= 4 is 37.6 Å². The number of Topliss-reactive ketones (excluding diaryl/α,β-unsaturated/α-hetero) is 1. The molecule has 0 saturated carbocycles. The van der Waals surface area contributed by atoms with Crippen LogP contribution in [0.1, 0.15) is 22.8 Å². The van der Waals surface area contributed by atoms with Crippen LogP contribution in [-0.2, 0) is 0 Å². The lowest BCUT2D eigenvalue weighted by molar-refractivity contribution is 0.0995. The number of carbonyl (C=O) groups is 1. The molecule has 70 valence electrons. The minimum absolute atomic E-state index is 0.115. The zero-order chi connectivity index (χ0) is 10.0. The second kappa shape index (κ2) is 4.38. The summed E-state index contributed by atoms with van der Waals surface area (Å²) in [4.78, 5) is 11.5. The summed E-state index contributed by atoms with van der Waals surface area (Å²) in [6, 6.07) is 5.72. The smallest absolute Gasteiger partial charge is 0.176 e. The van der Waals surface area contributed by atoms with Gasteiger partial charge in [-0.2, -0.15) is 0 Å². The van der Waals surface area contributed by atoms with Gasteiger partial charge in [-0.3, -0.25) is 4.79 Å². The van der Waals surface area contributed by atoms with E-state index in [1.807, 2.05) is 32.0 Å². The molecule has 1 aromatic carbocycles. The summed E-state index contributed by atoms with van der Waals surface area (Å²) in [5, 5.41) is 0. The lowest BCUT2D eigenvalue weighted by atomic mass is 10.1. The van der Waals surface area contributed by atoms with Crippen molar-refractivity contribution in [3.8, 4) is 0 Å². The number of hydrogen-bond donors (Lipinski definition) is 0. The van der Waals surface area contributed by atoms with Crippen LogP contribution in [0.15, 0.2) is 22.7 Å². The first-order valence-electron chi connectivity index (χ1n) is 3.96. The molecule has 13 heavy (non-hydrogen) atoms. The summed E-state index contributed by atoms with van der Waals surface area (Å²) in [5.74, 6) is 0.115. The first-order valence-corrected chi connectivity index (χ1v) is 5.67.